The Kier molecular flexibility index (Phi) is 1.91. The maximum Gasteiger partial charge on any atom is 0.0823 e. The Labute approximate surface area is 53.7 Å². The van der Waals surface area contributed by atoms with Crippen molar-refractivity contribution >= 4 is 17.0 Å². The van der Waals surface area contributed by atoms with Crippen molar-refractivity contribution in [1.29, 1.82) is 5.41 Å². The van der Waals surface area contributed by atoms with E-state index in [1.54, 1.807) is 0 Å². The fourth-order valence-electron chi connectivity index (χ4n) is 0.539. The quantitative estimate of drug-likeness (QED) is 0.335. The van der Waals surface area contributed by atoms with Crippen LogP contribution in [0.4, 0.5) is 0 Å². The molecule has 1 rings (SSSR count). The van der Waals surface area contributed by atoms with Gasteiger partial charge in [0.2, 0.25) is 0 Å². The third-order valence-corrected chi connectivity index (χ3v) is 1.92. The van der Waals surface area contributed by atoms with Gasteiger partial charge in [0, 0.05) is 5.92 Å². The lowest BCUT2D eigenvalue weighted by molar-refractivity contribution is 1.19. The van der Waals surface area contributed by atoms with Gasteiger partial charge in [-0.25, -0.2) is 0 Å². The number of hydrogen-bond acceptors (Lipinski definition) is 3. The van der Waals surface area contributed by atoms with Crippen LogP contribution in [0.15, 0.2) is 0 Å². The minimum absolute atomic E-state index is 0.604. The smallest absolute Gasteiger partial charge is 0.0823 e. The summed E-state index contributed by atoms with van der Waals surface area (Å²) in [5.74, 6) is 0.604. The summed E-state index contributed by atoms with van der Waals surface area (Å²) in [6.45, 7) is 0. The van der Waals surface area contributed by atoms with Gasteiger partial charge in [-0.1, -0.05) is 0 Å². The Hall–Kier alpha value is -0.0200. The molecule has 0 aromatic rings. The first-order chi connectivity index (χ1) is 3.84. The second-order valence-corrected chi connectivity index (χ2v) is 3.00. The van der Waals surface area contributed by atoms with Gasteiger partial charge in [0.25, 0.3) is 0 Å². The predicted molar refractivity (Wildman–Crippen MR) is 37.1 cm³/mol. The van der Waals surface area contributed by atoms with Crippen molar-refractivity contribution in [2.45, 2.75) is 12.8 Å². The number of nitrogens with one attached hydrogen (secondary N) is 2. The van der Waals surface area contributed by atoms with Crippen LogP contribution in [0.5, 0.6) is 0 Å². The van der Waals surface area contributed by atoms with E-state index in [1.165, 1.54) is 24.8 Å². The minimum atomic E-state index is 0.604. The summed E-state index contributed by atoms with van der Waals surface area (Å²) in [6, 6.07) is 0. The van der Waals surface area contributed by atoms with Crippen LogP contribution in [0.2, 0.25) is 0 Å². The molecule has 8 heavy (non-hydrogen) atoms. The molecule has 0 spiro atoms. The highest BCUT2D eigenvalue weighted by Crippen LogP contribution is 2.32. The molecule has 0 heterocycles. The van der Waals surface area contributed by atoms with Crippen LogP contribution < -0.4 is 4.72 Å². The van der Waals surface area contributed by atoms with Crippen molar-refractivity contribution in [2.75, 3.05) is 7.05 Å². The maximum absolute atomic E-state index is 7.31. The predicted octanol–water partition coefficient (Wildman–Crippen LogP) is 1.24. The molecule has 0 unspecified atom stereocenters. The molecule has 1 saturated carbocycles. The molecule has 0 aromatic heterocycles. The molecule has 0 aromatic carbocycles. The zero-order valence-electron chi connectivity index (χ0n) is 4.90. The van der Waals surface area contributed by atoms with Gasteiger partial charge in [0.1, 0.15) is 0 Å². The molecule has 0 atom stereocenters. The summed E-state index contributed by atoms with van der Waals surface area (Å²) >= 11 is 1.44. The van der Waals surface area contributed by atoms with E-state index in [0.29, 0.717) is 5.92 Å². The van der Waals surface area contributed by atoms with Crippen molar-refractivity contribution in [1.82, 2.24) is 4.72 Å². The van der Waals surface area contributed by atoms with Gasteiger partial charge < -0.3 is 0 Å². The largest absolute Gasteiger partial charge is 0.297 e. The molecule has 0 amide bonds. The fraction of sp³-hybridized carbons (Fsp3) is 0.800. The fourth-order valence-corrected chi connectivity index (χ4v) is 1.16. The molecule has 0 radical (unpaired) electrons. The first kappa shape index (κ1) is 6.11. The maximum atomic E-state index is 7.31. The highest BCUT2D eigenvalue weighted by molar-refractivity contribution is 8.12. The summed E-state index contributed by atoms with van der Waals surface area (Å²) in [5, 5.41) is 8.10. The second kappa shape index (κ2) is 2.51. The van der Waals surface area contributed by atoms with Gasteiger partial charge in [-0.05, 0) is 31.8 Å². The number of hydrogen-bond donors (Lipinski definition) is 2. The van der Waals surface area contributed by atoms with Gasteiger partial charge in [-0.2, -0.15) is 0 Å². The van der Waals surface area contributed by atoms with E-state index in [9.17, 15) is 0 Å². The van der Waals surface area contributed by atoms with Gasteiger partial charge in [0.05, 0.1) is 5.04 Å². The third kappa shape index (κ3) is 1.49. The number of rotatable bonds is 2. The summed E-state index contributed by atoms with van der Waals surface area (Å²) in [5.41, 5.74) is 0. The molecule has 2 N–H and O–H groups in total. The molecular weight excluding hydrogens is 120 g/mol. The highest BCUT2D eigenvalue weighted by Gasteiger charge is 2.26. The lowest BCUT2D eigenvalue weighted by atomic mass is 10.5. The van der Waals surface area contributed by atoms with Crippen LogP contribution in [-0.2, 0) is 0 Å². The topological polar surface area (TPSA) is 35.9 Å². The normalized spacial score (nSPS) is 18.6. The molecule has 3 heteroatoms. The Morgan fingerprint density at radius 2 is 2.38 bits per heavy atom. The Morgan fingerprint density at radius 1 is 1.75 bits per heavy atom. The lowest BCUT2D eigenvalue weighted by Crippen LogP contribution is -2.01. The molecule has 0 saturated heterocycles. The van der Waals surface area contributed by atoms with Crippen molar-refractivity contribution in [3.05, 3.63) is 0 Å². The van der Waals surface area contributed by atoms with E-state index < -0.39 is 0 Å². The van der Waals surface area contributed by atoms with Crippen molar-refractivity contribution < 1.29 is 0 Å². The van der Waals surface area contributed by atoms with Crippen LogP contribution in [0.3, 0.4) is 0 Å². The van der Waals surface area contributed by atoms with E-state index >= 15 is 0 Å². The van der Waals surface area contributed by atoms with Crippen LogP contribution in [-0.4, -0.2) is 12.1 Å². The Balaban J connectivity index is 2.13. The SMILES string of the molecule is CNSC(=N)C1CC1. The second-order valence-electron chi connectivity index (χ2n) is 1.94. The molecular formula is C5H10N2S. The third-order valence-electron chi connectivity index (χ3n) is 1.16. The summed E-state index contributed by atoms with van der Waals surface area (Å²) in [6.07, 6.45) is 2.46. The average molecular weight is 130 g/mol. The van der Waals surface area contributed by atoms with E-state index in [4.69, 9.17) is 5.41 Å². The Bertz CT molecular complexity index is 98.6. The zero-order valence-corrected chi connectivity index (χ0v) is 5.72. The highest BCUT2D eigenvalue weighted by atomic mass is 32.2. The molecule has 1 fully saturated rings. The van der Waals surface area contributed by atoms with Gasteiger partial charge in [-0.3, -0.25) is 10.1 Å². The van der Waals surface area contributed by atoms with E-state index in [-0.39, 0.29) is 0 Å². The molecule has 1 aliphatic rings. The Morgan fingerprint density at radius 3 is 2.75 bits per heavy atom. The van der Waals surface area contributed by atoms with Crippen molar-refractivity contribution in [2.24, 2.45) is 5.92 Å². The van der Waals surface area contributed by atoms with Crippen LogP contribution in [0.1, 0.15) is 12.8 Å². The van der Waals surface area contributed by atoms with Crippen molar-refractivity contribution in [3.8, 4) is 0 Å². The standard InChI is InChI=1S/C5H10N2S/c1-7-8-5(6)4-2-3-4/h4,6-7H,2-3H2,1H3. The summed E-state index contributed by atoms with van der Waals surface area (Å²) < 4.78 is 2.88. The first-order valence-corrected chi connectivity index (χ1v) is 3.58. The first-order valence-electron chi connectivity index (χ1n) is 2.76. The van der Waals surface area contributed by atoms with E-state index in [1.807, 2.05) is 7.05 Å². The van der Waals surface area contributed by atoms with E-state index in [2.05, 4.69) is 4.72 Å². The van der Waals surface area contributed by atoms with Crippen LogP contribution in [0, 0.1) is 11.3 Å². The molecule has 0 bridgehead atoms. The van der Waals surface area contributed by atoms with Crippen molar-refractivity contribution in [3.63, 3.8) is 0 Å². The molecule has 1 aliphatic carbocycles. The van der Waals surface area contributed by atoms with Crippen LogP contribution in [0.25, 0.3) is 0 Å². The van der Waals surface area contributed by atoms with Gasteiger partial charge in [0.15, 0.2) is 0 Å². The molecule has 2 nitrogen and oxygen atoms in total. The summed E-state index contributed by atoms with van der Waals surface area (Å²) in [4.78, 5) is 0. The summed E-state index contributed by atoms with van der Waals surface area (Å²) in [7, 11) is 1.85. The molecule has 0 aliphatic heterocycles. The lowest BCUT2D eigenvalue weighted by Gasteiger charge is -1.95. The van der Waals surface area contributed by atoms with Gasteiger partial charge >= 0.3 is 0 Å². The molecule has 46 valence electrons. The van der Waals surface area contributed by atoms with Crippen LogP contribution >= 0.6 is 11.9 Å². The minimum Gasteiger partial charge on any atom is -0.297 e. The van der Waals surface area contributed by atoms with Gasteiger partial charge in [-0.15, -0.1) is 0 Å². The van der Waals surface area contributed by atoms with E-state index in [0.717, 1.165) is 5.04 Å². The zero-order chi connectivity index (χ0) is 5.98. The average Bonchev–Trinajstić information content (AvgIpc) is 2.45. The monoisotopic (exact) mass is 130 g/mol.